The number of methoxy groups -OCH3 is 1. The number of halogens is 5. The number of hydrogen-bond donors (Lipinski definition) is 2. The van der Waals surface area contributed by atoms with Crippen LogP contribution in [0.25, 0.3) is 44.3 Å². The lowest BCUT2D eigenvalue weighted by molar-refractivity contribution is 0.216. The molecule has 2 fully saturated rings. The van der Waals surface area contributed by atoms with Gasteiger partial charge in [0, 0.05) is 108 Å². The Bertz CT molecular complexity index is 3200. The SMILES string of the molecule is CC(Oc1cc2c(-c3cnc(N4CCC4C#N)nc3)n[nH]c2cc1F)c1c(Cl)cncc1Cl.COc1cc2[nH]nc(-c3cnc(N4CCC[C@H]4C#N)nc3)c2cc1OC(C)c1c(Cl)cncc1Cl. The molecule has 17 nitrogen and oxygen atoms in total. The molecule has 10 rings (SSSR count). The number of H-pyrrole nitrogens is 2. The fourth-order valence-electron chi connectivity index (χ4n) is 8.03. The first kappa shape index (κ1) is 46.0. The maximum atomic E-state index is 14.8. The molecule has 6 aromatic heterocycles. The van der Waals surface area contributed by atoms with Crippen LogP contribution in [0.5, 0.6) is 17.2 Å². The summed E-state index contributed by atoms with van der Waals surface area (Å²) in [7, 11) is 1.57. The fraction of sp³-hybridized carbons (Fsp3) is 0.261. The molecule has 0 radical (unpaired) electrons. The van der Waals surface area contributed by atoms with E-state index >= 15 is 0 Å². The second kappa shape index (κ2) is 19.6. The van der Waals surface area contributed by atoms with E-state index in [0.29, 0.717) is 82.5 Å². The van der Waals surface area contributed by atoms with Crippen molar-refractivity contribution in [2.45, 2.75) is 57.4 Å². The molecular weight excluding hydrogens is 957 g/mol. The van der Waals surface area contributed by atoms with Gasteiger partial charge in [-0.25, -0.2) is 24.3 Å². The van der Waals surface area contributed by atoms with Gasteiger partial charge in [-0.15, -0.1) is 0 Å². The van der Waals surface area contributed by atoms with Crippen LogP contribution in [-0.4, -0.2) is 82.6 Å². The summed E-state index contributed by atoms with van der Waals surface area (Å²) in [6, 6.07) is 10.7. The Morgan fingerprint density at radius 1 is 0.632 bits per heavy atom. The molecule has 0 amide bonds. The van der Waals surface area contributed by atoms with Gasteiger partial charge in [-0.3, -0.25) is 20.2 Å². The number of anilines is 2. The summed E-state index contributed by atoms with van der Waals surface area (Å²) in [6.45, 7) is 5.09. The summed E-state index contributed by atoms with van der Waals surface area (Å²) in [5.41, 5.74) is 5.02. The van der Waals surface area contributed by atoms with Crippen molar-refractivity contribution in [3.8, 4) is 51.9 Å². The Morgan fingerprint density at radius 2 is 1.09 bits per heavy atom. The number of nitrogens with zero attached hydrogens (tertiary/aromatic N) is 12. The molecule has 0 bridgehead atoms. The maximum absolute atomic E-state index is 14.8. The molecule has 0 spiro atoms. The lowest BCUT2D eigenvalue weighted by Gasteiger charge is -2.36. The molecule has 0 saturated carbocycles. The number of nitriles is 2. The van der Waals surface area contributed by atoms with Crippen LogP contribution in [0.1, 0.15) is 56.4 Å². The predicted octanol–water partition coefficient (Wildman–Crippen LogP) is 10.5. The fourth-order valence-corrected chi connectivity index (χ4v) is 9.37. The quantitative estimate of drug-likeness (QED) is 0.123. The normalized spacial score (nSPS) is 16.3. The van der Waals surface area contributed by atoms with Crippen LogP contribution < -0.4 is 24.0 Å². The first-order valence-electron chi connectivity index (χ1n) is 21.1. The van der Waals surface area contributed by atoms with Gasteiger partial charge in [-0.1, -0.05) is 46.4 Å². The van der Waals surface area contributed by atoms with Gasteiger partial charge in [0.25, 0.3) is 0 Å². The van der Waals surface area contributed by atoms with Crippen molar-refractivity contribution in [1.29, 1.82) is 10.5 Å². The van der Waals surface area contributed by atoms with Gasteiger partial charge in [-0.05, 0) is 45.2 Å². The van der Waals surface area contributed by atoms with Crippen LogP contribution in [0.2, 0.25) is 20.1 Å². The number of fused-ring (bicyclic) bond motifs is 2. The number of benzene rings is 2. The first-order chi connectivity index (χ1) is 33.0. The van der Waals surface area contributed by atoms with Crippen molar-refractivity contribution in [3.63, 3.8) is 0 Å². The Labute approximate surface area is 407 Å². The highest BCUT2D eigenvalue weighted by atomic mass is 35.5. The molecule has 8 aromatic rings. The van der Waals surface area contributed by atoms with Gasteiger partial charge in [0.05, 0.1) is 50.4 Å². The number of rotatable bonds is 11. The molecule has 0 aliphatic carbocycles. The third kappa shape index (κ3) is 9.03. The third-order valence-electron chi connectivity index (χ3n) is 11.6. The zero-order valence-electron chi connectivity index (χ0n) is 36.3. The molecule has 68 heavy (non-hydrogen) atoms. The Hall–Kier alpha value is -7.09. The van der Waals surface area contributed by atoms with Crippen molar-refractivity contribution < 1.29 is 18.6 Å². The number of hydrogen-bond acceptors (Lipinski definition) is 15. The second-order valence-corrected chi connectivity index (χ2v) is 17.4. The van der Waals surface area contributed by atoms with E-state index in [1.165, 1.54) is 30.9 Å². The highest BCUT2D eigenvalue weighted by molar-refractivity contribution is 6.36. The van der Waals surface area contributed by atoms with Crippen LogP contribution in [0, 0.1) is 28.5 Å². The minimum atomic E-state index is -0.623. The first-order valence-corrected chi connectivity index (χ1v) is 22.6. The molecule has 2 aliphatic rings. The van der Waals surface area contributed by atoms with E-state index in [-0.39, 0.29) is 17.8 Å². The number of ether oxygens (including phenoxy) is 3. The zero-order chi connectivity index (χ0) is 47.6. The average Bonchev–Trinajstić information content (AvgIpc) is 4.08. The van der Waals surface area contributed by atoms with Crippen molar-refractivity contribution in [2.24, 2.45) is 0 Å². The number of nitrogens with one attached hydrogen (secondary N) is 2. The van der Waals surface area contributed by atoms with E-state index in [1.54, 1.807) is 44.9 Å². The maximum Gasteiger partial charge on any atom is 0.226 e. The van der Waals surface area contributed by atoms with Gasteiger partial charge in [0.1, 0.15) is 35.7 Å². The van der Waals surface area contributed by atoms with Crippen molar-refractivity contribution >= 4 is 80.1 Å². The summed E-state index contributed by atoms with van der Waals surface area (Å²) in [4.78, 5) is 29.5. The molecule has 2 N–H and O–H groups in total. The molecule has 3 unspecified atom stereocenters. The number of pyridine rings is 2. The highest BCUT2D eigenvalue weighted by Gasteiger charge is 2.30. The van der Waals surface area contributed by atoms with Gasteiger partial charge >= 0.3 is 0 Å². The minimum Gasteiger partial charge on any atom is -0.493 e. The Morgan fingerprint density at radius 3 is 1.56 bits per heavy atom. The molecule has 344 valence electrons. The second-order valence-electron chi connectivity index (χ2n) is 15.7. The van der Waals surface area contributed by atoms with E-state index in [0.717, 1.165) is 48.8 Å². The van der Waals surface area contributed by atoms with Crippen LogP contribution in [-0.2, 0) is 0 Å². The highest BCUT2D eigenvalue weighted by Crippen LogP contribution is 2.41. The lowest BCUT2D eigenvalue weighted by atomic mass is 10.1. The van der Waals surface area contributed by atoms with Gasteiger partial charge in [0.2, 0.25) is 11.9 Å². The smallest absolute Gasteiger partial charge is 0.226 e. The van der Waals surface area contributed by atoms with Crippen LogP contribution in [0.3, 0.4) is 0 Å². The van der Waals surface area contributed by atoms with Crippen molar-refractivity contribution in [2.75, 3.05) is 30.0 Å². The van der Waals surface area contributed by atoms with Crippen LogP contribution >= 0.6 is 46.4 Å². The van der Waals surface area contributed by atoms with E-state index in [9.17, 15) is 9.65 Å². The van der Waals surface area contributed by atoms with E-state index < -0.39 is 18.0 Å². The molecule has 2 aromatic carbocycles. The molecular formula is C46H37Cl4FN14O3. The largest absolute Gasteiger partial charge is 0.493 e. The van der Waals surface area contributed by atoms with E-state index in [1.807, 2.05) is 28.9 Å². The summed E-state index contributed by atoms with van der Waals surface area (Å²) in [6.07, 6.45) is 14.2. The Kier molecular flexibility index (Phi) is 13.3. The minimum absolute atomic E-state index is 0.0246. The van der Waals surface area contributed by atoms with Crippen molar-refractivity contribution in [1.82, 2.24) is 50.3 Å². The van der Waals surface area contributed by atoms with Gasteiger partial charge in [-0.2, -0.15) is 20.7 Å². The van der Waals surface area contributed by atoms with E-state index in [2.05, 4.69) is 62.4 Å². The van der Waals surface area contributed by atoms with Gasteiger partial charge in [0.15, 0.2) is 23.1 Å². The molecule has 2 aliphatic heterocycles. The lowest BCUT2D eigenvalue weighted by Crippen LogP contribution is -2.47. The van der Waals surface area contributed by atoms with Crippen molar-refractivity contribution in [3.05, 3.63) is 111 Å². The topological polar surface area (TPSA) is 216 Å². The zero-order valence-corrected chi connectivity index (χ0v) is 39.3. The summed E-state index contributed by atoms with van der Waals surface area (Å²) in [5.74, 6) is 1.54. The molecule has 4 atom stereocenters. The monoisotopic (exact) mass is 992 g/mol. The molecule has 8 heterocycles. The van der Waals surface area contributed by atoms with E-state index in [4.69, 9.17) is 65.9 Å². The van der Waals surface area contributed by atoms with Crippen LogP contribution in [0.15, 0.2) is 73.8 Å². The summed E-state index contributed by atoms with van der Waals surface area (Å²) in [5, 5.41) is 36.1. The molecule has 2 saturated heterocycles. The standard InChI is InChI=1S/C24H21Cl2N7O2.C22H16Cl2FN7O/c1-13(22-17(25)11-28-12-18(22)26)35-21-6-16-19(7-20(21)34-2)31-32-23(16)14-9-29-24(30-10-14)33-5-3-4-15(33)8-27;1-11(20-15(23)9-27-10-16(20)24)33-19-4-14-18(5-17(19)25)30-31-21(14)12-7-28-22(29-8-12)32-3-2-13(32)6-26/h6-7,9-13,15H,3-5H2,1-2H3,(H,31,32);4-5,7-11,13H,2-3H2,1H3,(H,30,31)/t13?,15-;/m0./s1. The summed E-state index contributed by atoms with van der Waals surface area (Å²) < 4.78 is 32.4. The Balaban J connectivity index is 0.000000170. The van der Waals surface area contributed by atoms with Gasteiger partial charge < -0.3 is 24.0 Å². The average molecular weight is 995 g/mol. The number of aromatic amines is 2. The van der Waals surface area contributed by atoms with Crippen LogP contribution in [0.4, 0.5) is 16.3 Å². The third-order valence-corrected chi connectivity index (χ3v) is 12.8. The number of aromatic nitrogens is 10. The predicted molar refractivity (Wildman–Crippen MR) is 255 cm³/mol. The summed E-state index contributed by atoms with van der Waals surface area (Å²) >= 11 is 25.1. The molecule has 22 heteroatoms.